The summed E-state index contributed by atoms with van der Waals surface area (Å²) in [5, 5.41) is 13.8. The van der Waals surface area contributed by atoms with Gasteiger partial charge in [0, 0.05) is 12.4 Å². The minimum absolute atomic E-state index is 0.00864. The van der Waals surface area contributed by atoms with Gasteiger partial charge in [-0.2, -0.15) is 5.10 Å². The van der Waals surface area contributed by atoms with Gasteiger partial charge in [0.25, 0.3) is 5.91 Å². The highest BCUT2D eigenvalue weighted by Gasteiger charge is 2.11. The molecule has 2 aromatic carbocycles. The lowest BCUT2D eigenvalue weighted by atomic mass is 10.1. The van der Waals surface area contributed by atoms with Gasteiger partial charge >= 0.3 is 0 Å². The number of ether oxygens (including phenoxy) is 1. The fourth-order valence-electron chi connectivity index (χ4n) is 2.44. The molecule has 0 fully saturated rings. The van der Waals surface area contributed by atoms with Crippen molar-refractivity contribution in [2.24, 2.45) is 5.10 Å². The normalized spacial score (nSPS) is 10.8. The molecule has 2 N–H and O–H groups in total. The van der Waals surface area contributed by atoms with Gasteiger partial charge in [-0.05, 0) is 57.9 Å². The van der Waals surface area contributed by atoms with Crippen LogP contribution in [0.1, 0.15) is 15.9 Å². The number of amides is 1. The number of hydrogen-bond acceptors (Lipinski definition) is 4. The van der Waals surface area contributed by atoms with Crippen molar-refractivity contribution in [2.45, 2.75) is 0 Å². The van der Waals surface area contributed by atoms with Crippen LogP contribution in [0.2, 0.25) is 0 Å². The molecule has 0 atom stereocenters. The molecule has 7 heteroatoms. The highest BCUT2D eigenvalue weighted by atomic mass is 79.9. The number of para-hydroxylation sites is 1. The number of nitrogens with one attached hydrogen (secondary N) is 1. The van der Waals surface area contributed by atoms with E-state index in [4.69, 9.17) is 4.74 Å². The van der Waals surface area contributed by atoms with Crippen molar-refractivity contribution in [1.29, 1.82) is 0 Å². The first-order valence-corrected chi connectivity index (χ1v) is 8.51. The number of phenols is 1. The summed E-state index contributed by atoms with van der Waals surface area (Å²) in [6.45, 7) is 0. The Kier molecular flexibility index (Phi) is 5.38. The molecule has 0 aliphatic heterocycles. The highest BCUT2D eigenvalue weighted by molar-refractivity contribution is 9.10. The van der Waals surface area contributed by atoms with Crippen LogP contribution in [0.5, 0.6) is 11.5 Å². The fourth-order valence-corrected chi connectivity index (χ4v) is 2.90. The molecule has 0 aliphatic carbocycles. The van der Waals surface area contributed by atoms with Crippen LogP contribution in [0.15, 0.2) is 70.5 Å². The molecule has 1 aromatic heterocycles. The summed E-state index contributed by atoms with van der Waals surface area (Å²) in [6.07, 6.45) is 5.22. The Bertz CT molecular complexity index is 953. The summed E-state index contributed by atoms with van der Waals surface area (Å²) in [6, 6.07) is 14.3. The van der Waals surface area contributed by atoms with E-state index < -0.39 is 0 Å². The maximum absolute atomic E-state index is 12.5. The van der Waals surface area contributed by atoms with Crippen molar-refractivity contribution < 1.29 is 14.6 Å². The average Bonchev–Trinajstić information content (AvgIpc) is 3.19. The number of phenolic OH excluding ortho intramolecular Hbond substituents is 1. The first-order chi connectivity index (χ1) is 12.6. The second-order valence-corrected chi connectivity index (χ2v) is 6.21. The number of nitrogens with zero attached hydrogens (tertiary/aromatic N) is 2. The fraction of sp³-hybridized carbons (Fsp3) is 0.0526. The largest absolute Gasteiger partial charge is 0.503 e. The first-order valence-electron chi connectivity index (χ1n) is 7.72. The van der Waals surface area contributed by atoms with Crippen molar-refractivity contribution in [2.75, 3.05) is 7.11 Å². The van der Waals surface area contributed by atoms with Gasteiger partial charge in [-0.3, -0.25) is 4.79 Å². The number of hydrogen-bond donors (Lipinski definition) is 2. The van der Waals surface area contributed by atoms with Crippen LogP contribution < -0.4 is 10.2 Å². The van der Waals surface area contributed by atoms with E-state index in [1.165, 1.54) is 13.3 Å². The number of methoxy groups -OCH3 is 1. The van der Waals surface area contributed by atoms with Gasteiger partial charge in [0.2, 0.25) is 0 Å². The SMILES string of the molecule is COc1cc(/C=N/NC(=O)c2ccccc2-n2cccc2)cc(Br)c1O. The van der Waals surface area contributed by atoms with E-state index >= 15 is 0 Å². The molecule has 3 aromatic rings. The third kappa shape index (κ3) is 3.78. The van der Waals surface area contributed by atoms with E-state index in [2.05, 4.69) is 26.5 Å². The standard InChI is InChI=1S/C19H16BrN3O3/c1-26-17-11-13(10-15(20)18(17)24)12-21-22-19(25)14-6-2-3-7-16(14)23-8-4-5-9-23/h2-12,24H,1H3,(H,22,25)/b21-12+. The molecule has 6 nitrogen and oxygen atoms in total. The van der Waals surface area contributed by atoms with E-state index in [0.29, 0.717) is 21.3 Å². The van der Waals surface area contributed by atoms with Crippen molar-refractivity contribution in [3.05, 3.63) is 76.5 Å². The lowest BCUT2D eigenvalue weighted by Gasteiger charge is -2.09. The Hall–Kier alpha value is -3.06. The topological polar surface area (TPSA) is 75.8 Å². The van der Waals surface area contributed by atoms with E-state index in [1.54, 1.807) is 24.3 Å². The molecule has 0 bridgehead atoms. The number of aromatic hydroxyl groups is 1. The van der Waals surface area contributed by atoms with Crippen LogP contribution in [-0.2, 0) is 0 Å². The molecule has 0 spiro atoms. The molecule has 0 saturated carbocycles. The van der Waals surface area contributed by atoms with E-state index in [-0.39, 0.29) is 11.7 Å². The van der Waals surface area contributed by atoms with Crippen molar-refractivity contribution in [1.82, 2.24) is 9.99 Å². The molecule has 3 rings (SSSR count). The molecule has 132 valence electrons. The van der Waals surface area contributed by atoms with Crippen LogP contribution in [0.25, 0.3) is 5.69 Å². The Morgan fingerprint density at radius 2 is 1.96 bits per heavy atom. The smallest absolute Gasteiger partial charge is 0.273 e. The average molecular weight is 414 g/mol. The molecular weight excluding hydrogens is 398 g/mol. The van der Waals surface area contributed by atoms with Gasteiger partial charge in [-0.15, -0.1) is 0 Å². The summed E-state index contributed by atoms with van der Waals surface area (Å²) in [5.41, 5.74) is 4.45. The van der Waals surface area contributed by atoms with E-state index in [0.717, 1.165) is 5.69 Å². The maximum atomic E-state index is 12.5. The number of carbonyl (C=O) groups excluding carboxylic acids is 1. The maximum Gasteiger partial charge on any atom is 0.273 e. The van der Waals surface area contributed by atoms with Crippen LogP contribution in [-0.4, -0.2) is 28.9 Å². The molecule has 1 heterocycles. The Balaban J connectivity index is 1.78. The minimum atomic E-state index is -0.324. The monoisotopic (exact) mass is 413 g/mol. The number of rotatable bonds is 5. The number of benzene rings is 2. The summed E-state index contributed by atoms with van der Waals surface area (Å²) >= 11 is 3.25. The molecule has 1 amide bonds. The zero-order valence-electron chi connectivity index (χ0n) is 13.9. The van der Waals surface area contributed by atoms with Crippen LogP contribution >= 0.6 is 15.9 Å². The predicted molar refractivity (Wildman–Crippen MR) is 103 cm³/mol. The van der Waals surface area contributed by atoms with E-state index in [1.807, 2.05) is 41.2 Å². The first kappa shape index (κ1) is 17.8. The predicted octanol–water partition coefficient (Wildman–Crippen LogP) is 3.72. The summed E-state index contributed by atoms with van der Waals surface area (Å²) in [5.74, 6) is -0.00482. The van der Waals surface area contributed by atoms with Gasteiger partial charge in [0.1, 0.15) is 0 Å². The summed E-state index contributed by atoms with van der Waals surface area (Å²) in [7, 11) is 1.46. The quantitative estimate of drug-likeness (QED) is 0.494. The minimum Gasteiger partial charge on any atom is -0.503 e. The van der Waals surface area contributed by atoms with Gasteiger partial charge in [-0.25, -0.2) is 5.43 Å². The van der Waals surface area contributed by atoms with Crippen LogP contribution in [0, 0.1) is 0 Å². The molecular formula is C19H16BrN3O3. The third-order valence-electron chi connectivity index (χ3n) is 3.68. The highest BCUT2D eigenvalue weighted by Crippen LogP contribution is 2.34. The molecule has 0 unspecified atom stereocenters. The Labute approximate surface area is 158 Å². The lowest BCUT2D eigenvalue weighted by molar-refractivity contribution is 0.0955. The van der Waals surface area contributed by atoms with Crippen LogP contribution in [0.3, 0.4) is 0 Å². The third-order valence-corrected chi connectivity index (χ3v) is 4.29. The van der Waals surface area contributed by atoms with Gasteiger partial charge in [0.15, 0.2) is 11.5 Å². The van der Waals surface area contributed by atoms with Crippen molar-refractivity contribution >= 4 is 28.1 Å². The number of halogens is 1. The molecule has 0 aliphatic rings. The zero-order chi connectivity index (χ0) is 18.5. The lowest BCUT2D eigenvalue weighted by Crippen LogP contribution is -2.19. The van der Waals surface area contributed by atoms with Crippen molar-refractivity contribution in [3.8, 4) is 17.2 Å². The zero-order valence-corrected chi connectivity index (χ0v) is 15.5. The molecule has 0 saturated heterocycles. The summed E-state index contributed by atoms with van der Waals surface area (Å²) < 4.78 is 7.42. The number of carbonyl (C=O) groups is 1. The van der Waals surface area contributed by atoms with Crippen LogP contribution in [0.4, 0.5) is 0 Å². The van der Waals surface area contributed by atoms with Crippen molar-refractivity contribution in [3.63, 3.8) is 0 Å². The van der Waals surface area contributed by atoms with Gasteiger partial charge in [-0.1, -0.05) is 12.1 Å². The van der Waals surface area contributed by atoms with Gasteiger partial charge < -0.3 is 14.4 Å². The summed E-state index contributed by atoms with van der Waals surface area (Å²) in [4.78, 5) is 12.5. The Morgan fingerprint density at radius 1 is 1.23 bits per heavy atom. The van der Waals surface area contributed by atoms with Gasteiger partial charge in [0.05, 0.1) is 29.0 Å². The number of aromatic nitrogens is 1. The molecule has 26 heavy (non-hydrogen) atoms. The second-order valence-electron chi connectivity index (χ2n) is 5.36. The Morgan fingerprint density at radius 3 is 2.69 bits per heavy atom. The van der Waals surface area contributed by atoms with E-state index in [9.17, 15) is 9.90 Å². The number of hydrazone groups is 1. The molecule has 0 radical (unpaired) electrons. The second kappa shape index (κ2) is 7.88.